The summed E-state index contributed by atoms with van der Waals surface area (Å²) in [7, 11) is 0.401. The van der Waals surface area contributed by atoms with E-state index in [9.17, 15) is 18.8 Å². The lowest BCUT2D eigenvalue weighted by molar-refractivity contribution is -0.119. The zero-order valence-electron chi connectivity index (χ0n) is 43.6. The van der Waals surface area contributed by atoms with E-state index in [4.69, 9.17) is 0 Å². The number of aromatic amines is 1. The molecule has 7 nitrogen and oxygen atoms in total. The van der Waals surface area contributed by atoms with Gasteiger partial charge in [-0.25, -0.2) is 8.78 Å². The van der Waals surface area contributed by atoms with Gasteiger partial charge in [-0.05, 0) is 124 Å². The van der Waals surface area contributed by atoms with Gasteiger partial charge >= 0.3 is 0 Å². The van der Waals surface area contributed by atoms with Crippen molar-refractivity contribution in [3.8, 4) is 0 Å². The zero-order chi connectivity index (χ0) is 49.8. The molecule has 2 aromatic carbocycles. The minimum atomic E-state index is -0.455. The number of anilines is 1. The van der Waals surface area contributed by atoms with Crippen molar-refractivity contribution in [1.82, 2.24) is 14.8 Å². The Balaban J connectivity index is 0.000000562. The molecule has 0 spiro atoms. The maximum absolute atomic E-state index is 15.6. The Morgan fingerprint density at radius 3 is 2.13 bits per heavy atom. The Bertz CT molecular complexity index is 2110. The molecular weight excluding hydrogens is 858 g/mol. The number of rotatable bonds is 18. The molecule has 0 amide bonds. The zero-order valence-corrected chi connectivity index (χ0v) is 44.6. The summed E-state index contributed by atoms with van der Waals surface area (Å²) in [5.41, 5.74) is 7.94. The first-order chi connectivity index (χ1) is 32.0. The third-order valence-corrected chi connectivity index (χ3v) is 15.1. The van der Waals surface area contributed by atoms with Crippen LogP contribution in [0.2, 0.25) is 0 Å². The number of H-pyrrole nitrogens is 1. The first kappa shape index (κ1) is 57.5. The maximum Gasteiger partial charge on any atom is 0.166 e. The van der Waals surface area contributed by atoms with E-state index >= 15 is 4.39 Å². The normalized spacial score (nSPS) is 17.7. The average molecular weight is 945 g/mol. The summed E-state index contributed by atoms with van der Waals surface area (Å²) in [6, 6.07) is 9.31. The maximum atomic E-state index is 15.6. The number of ketones is 2. The van der Waals surface area contributed by atoms with E-state index in [1.807, 2.05) is 32.6 Å². The number of piperazine rings is 1. The van der Waals surface area contributed by atoms with Gasteiger partial charge in [-0.3, -0.25) is 24.2 Å². The van der Waals surface area contributed by atoms with E-state index in [1.54, 1.807) is 26.0 Å². The number of carbonyl (C=O) groups is 3. The second-order valence-electron chi connectivity index (χ2n) is 19.2. The molecule has 3 unspecified atom stereocenters. The Kier molecular flexibility index (Phi) is 25.2. The third kappa shape index (κ3) is 17.0. The fourth-order valence-corrected chi connectivity index (χ4v) is 9.94. The number of aldehydes is 1. The van der Waals surface area contributed by atoms with Crippen LogP contribution in [0, 0.1) is 29.5 Å². The predicted octanol–water partition coefficient (Wildman–Crippen LogP) is 14.6. The van der Waals surface area contributed by atoms with E-state index < -0.39 is 5.82 Å². The molecule has 0 saturated carbocycles. The van der Waals surface area contributed by atoms with Crippen LogP contribution in [0.4, 0.5) is 14.5 Å². The highest BCUT2D eigenvalue weighted by Crippen LogP contribution is 2.42. The smallest absolute Gasteiger partial charge is 0.166 e. The topological polar surface area (TPSA) is 76.7 Å². The molecule has 1 N–H and O–H groups in total. The fourth-order valence-electron chi connectivity index (χ4n) is 8.64. The van der Waals surface area contributed by atoms with E-state index in [0.29, 0.717) is 69.7 Å². The Morgan fingerprint density at radius 1 is 0.940 bits per heavy atom. The highest BCUT2D eigenvalue weighted by Gasteiger charge is 2.30. The molecule has 3 atom stereocenters. The molecule has 3 aliphatic rings. The van der Waals surface area contributed by atoms with Gasteiger partial charge in [-0.15, -0.1) is 0 Å². The lowest BCUT2D eigenvalue weighted by Gasteiger charge is -2.39. The van der Waals surface area contributed by atoms with Crippen LogP contribution < -0.4 is 4.90 Å². The molecule has 0 bridgehead atoms. The van der Waals surface area contributed by atoms with Gasteiger partial charge in [0.25, 0.3) is 0 Å². The van der Waals surface area contributed by atoms with Crippen molar-refractivity contribution in [1.29, 1.82) is 0 Å². The third-order valence-electron chi connectivity index (χ3n) is 13.7. The first-order valence-corrected chi connectivity index (χ1v) is 26.9. The molecule has 10 heteroatoms. The second-order valence-corrected chi connectivity index (χ2v) is 20.4. The standard InChI is InChI=1S/C40H51F2N4O2P.C10H18O.C5H12.C2H6/c1-5-7-36-31(6-2)32-9-8-28(22-37(32)43-36)30-21-35(42)40(49-25-30)46-14-11-27(12-15-46)10-13-44-16-18-45(19-17-44)38-23-33(39(48)26(3)4)29(24-47)20-34(38)41;1-5-10(11)7-6-9(4)8(2)3;1-4-5(2)3;1-2/h8-9,20-27,40,43,49H,5-7,10-19H2,1-4H3;9H,2,5-7H2,1,3-4H3;5H,4H2,1-3H3;1-2H3. The van der Waals surface area contributed by atoms with Crippen LogP contribution in [0.3, 0.4) is 0 Å². The lowest BCUT2D eigenvalue weighted by Crippen LogP contribution is -2.47. The molecule has 1 aromatic heterocycles. The van der Waals surface area contributed by atoms with Crippen LogP contribution in [0.25, 0.3) is 16.5 Å². The number of fused-ring (bicyclic) bond motifs is 1. The summed E-state index contributed by atoms with van der Waals surface area (Å²) in [5, 5.41) is 1.29. The van der Waals surface area contributed by atoms with Gasteiger partial charge in [0.1, 0.15) is 17.4 Å². The number of likely N-dealkylation sites (tertiary alicyclic amines) is 1. The Hall–Kier alpha value is -3.78. The molecule has 372 valence electrons. The number of hydrogen-bond acceptors (Lipinski definition) is 6. The number of hydrogen-bond donors (Lipinski definition) is 1. The Labute approximate surface area is 406 Å². The van der Waals surface area contributed by atoms with Gasteiger partial charge in [0.2, 0.25) is 0 Å². The van der Waals surface area contributed by atoms with Gasteiger partial charge in [-0.2, -0.15) is 0 Å². The van der Waals surface area contributed by atoms with Crippen LogP contribution in [-0.4, -0.2) is 84.2 Å². The number of nitrogens with one attached hydrogen (secondary N) is 1. The summed E-state index contributed by atoms with van der Waals surface area (Å²) < 4.78 is 30.6. The van der Waals surface area contributed by atoms with Gasteiger partial charge in [0, 0.05) is 72.7 Å². The van der Waals surface area contributed by atoms with Crippen molar-refractivity contribution in [2.24, 2.45) is 23.7 Å². The highest BCUT2D eigenvalue weighted by atomic mass is 31.1. The minimum absolute atomic E-state index is 0.0161. The molecule has 3 aromatic rings. The van der Waals surface area contributed by atoms with Gasteiger partial charge in [0.05, 0.1) is 11.5 Å². The predicted molar refractivity (Wildman–Crippen MR) is 284 cm³/mol. The summed E-state index contributed by atoms with van der Waals surface area (Å²) in [5.74, 6) is 3.56. The second kappa shape index (κ2) is 29.3. The number of benzene rings is 2. The van der Waals surface area contributed by atoms with Crippen molar-refractivity contribution in [3.63, 3.8) is 0 Å². The van der Waals surface area contributed by atoms with Crippen LogP contribution >= 0.6 is 8.58 Å². The minimum Gasteiger partial charge on any atom is -0.367 e. The number of nitrogens with zero attached hydrogens (tertiary/aromatic N) is 3. The summed E-state index contributed by atoms with van der Waals surface area (Å²) in [4.78, 5) is 45.5. The van der Waals surface area contributed by atoms with E-state index in [-0.39, 0.29) is 28.9 Å². The van der Waals surface area contributed by atoms with Crippen LogP contribution in [-0.2, 0) is 17.6 Å². The van der Waals surface area contributed by atoms with Crippen molar-refractivity contribution < 1.29 is 23.2 Å². The average Bonchev–Trinajstić information content (AvgIpc) is 3.69. The highest BCUT2D eigenvalue weighted by molar-refractivity contribution is 7.43. The van der Waals surface area contributed by atoms with Gasteiger partial charge in [0.15, 0.2) is 12.1 Å². The van der Waals surface area contributed by atoms with E-state index in [2.05, 4.69) is 86.9 Å². The number of aryl methyl sites for hydroxylation is 2. The molecule has 3 aliphatic heterocycles. The van der Waals surface area contributed by atoms with Crippen molar-refractivity contribution in [3.05, 3.63) is 94.0 Å². The molecule has 4 heterocycles. The molecule has 67 heavy (non-hydrogen) atoms. The summed E-state index contributed by atoms with van der Waals surface area (Å²) in [6.07, 6.45) is 12.4. The quantitative estimate of drug-likeness (QED) is 0.0593. The van der Waals surface area contributed by atoms with Gasteiger partial charge < -0.3 is 9.88 Å². The SMILES string of the molecule is C=C(C)C(C)CCC(=O)CC.CC.CCC(C)C.CCCc1[nH]c2cc(C3=CPC(N4CCC(CCN5CCN(c6cc(C(=O)C(C)C)c(C=O)cc6F)CC5)CC4)C(F)=C3)ccc2c1CC. The molecule has 6 rings (SSSR count). The largest absolute Gasteiger partial charge is 0.367 e. The van der Waals surface area contributed by atoms with E-state index in [1.165, 1.54) is 34.7 Å². The number of halogens is 2. The fraction of sp³-hybridized carbons (Fsp3) is 0.596. The monoisotopic (exact) mass is 945 g/mol. The van der Waals surface area contributed by atoms with Gasteiger partial charge in [-0.1, -0.05) is 128 Å². The number of Topliss-reactive ketones (excluding diaryl/α,β-unsaturated/α-hetero) is 2. The Morgan fingerprint density at radius 2 is 1.60 bits per heavy atom. The summed E-state index contributed by atoms with van der Waals surface area (Å²) >= 11 is 0. The summed E-state index contributed by atoms with van der Waals surface area (Å²) in [6.45, 7) is 34.4. The molecule has 2 fully saturated rings. The number of aromatic nitrogens is 1. The lowest BCUT2D eigenvalue weighted by atomic mass is 9.93. The number of carbonyl (C=O) groups excluding carboxylic acids is 3. The van der Waals surface area contributed by atoms with E-state index in [0.717, 1.165) is 100 Å². The van der Waals surface area contributed by atoms with Crippen LogP contribution in [0.15, 0.2) is 60.2 Å². The molecule has 2 saturated heterocycles. The van der Waals surface area contributed by atoms with Crippen molar-refractivity contribution in [2.75, 3.05) is 50.7 Å². The molecule has 0 aliphatic carbocycles. The first-order valence-electron chi connectivity index (χ1n) is 25.7. The number of piperidine rings is 1. The molecule has 0 radical (unpaired) electrons. The van der Waals surface area contributed by atoms with Crippen LogP contribution in [0.5, 0.6) is 0 Å². The van der Waals surface area contributed by atoms with Crippen molar-refractivity contribution in [2.45, 2.75) is 153 Å². The number of allylic oxidation sites excluding steroid dienone is 3. The van der Waals surface area contributed by atoms with Crippen molar-refractivity contribution >= 4 is 48.6 Å². The van der Waals surface area contributed by atoms with Crippen LogP contribution in [0.1, 0.15) is 172 Å². The molecular formula is C57H87F2N4O3P.